The second kappa shape index (κ2) is 6.19. The van der Waals surface area contributed by atoms with E-state index in [9.17, 15) is 0 Å². The van der Waals surface area contributed by atoms with Crippen LogP contribution in [0.2, 0.25) is 0 Å². The third-order valence-corrected chi connectivity index (χ3v) is 2.91. The number of ether oxygens (including phenoxy) is 1. The van der Waals surface area contributed by atoms with Crippen molar-refractivity contribution in [2.24, 2.45) is 10.9 Å². The van der Waals surface area contributed by atoms with Crippen molar-refractivity contribution in [1.82, 2.24) is 4.98 Å². The number of benzene rings is 1. The standard InChI is InChI=1S/C13H12BrN3O2/c14-10-5-11(7-16-6-10)19-8-9-3-1-2-4-12(9)13(15)17-18/h1-7,18H,8H2,(H2,15,17). The minimum Gasteiger partial charge on any atom is -0.487 e. The quantitative estimate of drug-likeness (QED) is 0.392. The molecule has 0 aliphatic heterocycles. The Morgan fingerprint density at radius 2 is 2.16 bits per heavy atom. The van der Waals surface area contributed by atoms with Crippen LogP contribution in [0.4, 0.5) is 0 Å². The van der Waals surface area contributed by atoms with Gasteiger partial charge in [0, 0.05) is 21.8 Å². The molecule has 1 aromatic heterocycles. The van der Waals surface area contributed by atoms with E-state index in [2.05, 4.69) is 26.1 Å². The molecule has 0 saturated heterocycles. The van der Waals surface area contributed by atoms with Crippen LogP contribution in [-0.4, -0.2) is 16.0 Å². The molecule has 0 spiro atoms. The highest BCUT2D eigenvalue weighted by Gasteiger charge is 2.07. The minimum absolute atomic E-state index is 0.0616. The molecule has 0 radical (unpaired) electrons. The van der Waals surface area contributed by atoms with E-state index in [0.29, 0.717) is 17.9 Å². The van der Waals surface area contributed by atoms with Crippen molar-refractivity contribution in [3.63, 3.8) is 0 Å². The van der Waals surface area contributed by atoms with Gasteiger partial charge in [0.15, 0.2) is 5.84 Å². The topological polar surface area (TPSA) is 80.7 Å². The third-order valence-electron chi connectivity index (χ3n) is 2.48. The monoisotopic (exact) mass is 321 g/mol. The Bertz CT molecular complexity index is 602. The molecule has 2 rings (SSSR count). The summed E-state index contributed by atoms with van der Waals surface area (Å²) in [5.41, 5.74) is 7.09. The van der Waals surface area contributed by atoms with Gasteiger partial charge in [-0.25, -0.2) is 0 Å². The van der Waals surface area contributed by atoms with E-state index < -0.39 is 0 Å². The van der Waals surface area contributed by atoms with Crippen LogP contribution in [0.25, 0.3) is 0 Å². The van der Waals surface area contributed by atoms with Crippen molar-refractivity contribution in [1.29, 1.82) is 0 Å². The number of hydrogen-bond acceptors (Lipinski definition) is 4. The average molecular weight is 322 g/mol. The highest BCUT2D eigenvalue weighted by atomic mass is 79.9. The van der Waals surface area contributed by atoms with Gasteiger partial charge in [0.05, 0.1) is 6.20 Å². The summed E-state index contributed by atoms with van der Waals surface area (Å²) in [7, 11) is 0. The van der Waals surface area contributed by atoms with Crippen molar-refractivity contribution < 1.29 is 9.94 Å². The lowest BCUT2D eigenvalue weighted by atomic mass is 10.1. The van der Waals surface area contributed by atoms with E-state index in [0.717, 1.165) is 10.0 Å². The smallest absolute Gasteiger partial charge is 0.170 e. The molecular weight excluding hydrogens is 310 g/mol. The molecule has 0 aliphatic rings. The molecule has 0 amide bonds. The van der Waals surface area contributed by atoms with Crippen LogP contribution in [0.5, 0.6) is 5.75 Å². The lowest BCUT2D eigenvalue weighted by molar-refractivity contribution is 0.303. The van der Waals surface area contributed by atoms with E-state index in [-0.39, 0.29) is 5.84 Å². The van der Waals surface area contributed by atoms with Crippen LogP contribution < -0.4 is 10.5 Å². The summed E-state index contributed by atoms with van der Waals surface area (Å²) in [4.78, 5) is 4.01. The van der Waals surface area contributed by atoms with Crippen LogP contribution >= 0.6 is 15.9 Å². The number of aromatic nitrogens is 1. The Kier molecular flexibility index (Phi) is 4.35. The lowest BCUT2D eigenvalue weighted by Gasteiger charge is -2.10. The predicted octanol–water partition coefficient (Wildman–Crippen LogP) is 2.52. The van der Waals surface area contributed by atoms with Gasteiger partial charge in [-0.15, -0.1) is 0 Å². The lowest BCUT2D eigenvalue weighted by Crippen LogP contribution is -2.16. The largest absolute Gasteiger partial charge is 0.487 e. The van der Waals surface area contributed by atoms with Crippen molar-refractivity contribution in [2.75, 3.05) is 0 Å². The Morgan fingerprint density at radius 1 is 1.37 bits per heavy atom. The van der Waals surface area contributed by atoms with Crippen LogP contribution in [0.15, 0.2) is 52.4 Å². The predicted molar refractivity (Wildman–Crippen MR) is 75.2 cm³/mol. The molecule has 19 heavy (non-hydrogen) atoms. The molecule has 6 heteroatoms. The normalized spacial score (nSPS) is 11.3. The van der Waals surface area contributed by atoms with Gasteiger partial charge in [-0.05, 0) is 22.0 Å². The van der Waals surface area contributed by atoms with E-state index >= 15 is 0 Å². The Morgan fingerprint density at radius 3 is 2.89 bits per heavy atom. The molecule has 5 nitrogen and oxygen atoms in total. The highest BCUT2D eigenvalue weighted by Crippen LogP contribution is 2.18. The van der Waals surface area contributed by atoms with Gasteiger partial charge >= 0.3 is 0 Å². The number of oxime groups is 1. The molecule has 0 atom stereocenters. The molecular formula is C13H12BrN3O2. The third kappa shape index (κ3) is 3.45. The first-order chi connectivity index (χ1) is 9.20. The Hall–Kier alpha value is -2.08. The molecule has 1 aromatic carbocycles. The first-order valence-corrected chi connectivity index (χ1v) is 6.29. The van der Waals surface area contributed by atoms with E-state index in [1.54, 1.807) is 18.5 Å². The number of halogens is 1. The van der Waals surface area contributed by atoms with Gasteiger partial charge in [-0.2, -0.15) is 0 Å². The summed E-state index contributed by atoms with van der Waals surface area (Å²) >= 11 is 3.32. The number of rotatable bonds is 4. The molecule has 2 aromatic rings. The summed E-state index contributed by atoms with van der Waals surface area (Å²) in [6.07, 6.45) is 3.30. The number of amidine groups is 1. The molecule has 0 saturated carbocycles. The zero-order valence-corrected chi connectivity index (χ0v) is 11.5. The van der Waals surface area contributed by atoms with Crippen LogP contribution in [0.1, 0.15) is 11.1 Å². The van der Waals surface area contributed by atoms with Gasteiger partial charge < -0.3 is 15.7 Å². The molecule has 98 valence electrons. The molecule has 0 aliphatic carbocycles. The average Bonchev–Trinajstić information content (AvgIpc) is 2.45. The zero-order valence-electron chi connectivity index (χ0n) is 9.95. The number of hydrogen-bond donors (Lipinski definition) is 2. The molecule has 3 N–H and O–H groups in total. The molecule has 0 unspecified atom stereocenters. The second-order valence-electron chi connectivity index (χ2n) is 3.77. The summed E-state index contributed by atoms with van der Waals surface area (Å²) in [5.74, 6) is 0.704. The highest BCUT2D eigenvalue weighted by molar-refractivity contribution is 9.10. The van der Waals surface area contributed by atoms with Crippen molar-refractivity contribution in [2.45, 2.75) is 6.61 Å². The van der Waals surface area contributed by atoms with Gasteiger partial charge in [-0.1, -0.05) is 29.4 Å². The maximum absolute atomic E-state index is 8.74. The Labute approximate surface area is 118 Å². The van der Waals surface area contributed by atoms with Crippen LogP contribution in [0.3, 0.4) is 0 Å². The second-order valence-corrected chi connectivity index (χ2v) is 4.69. The molecule has 1 heterocycles. The van der Waals surface area contributed by atoms with Crippen molar-refractivity contribution >= 4 is 21.8 Å². The Balaban J connectivity index is 2.16. The van der Waals surface area contributed by atoms with Gasteiger partial charge in [-0.3, -0.25) is 4.98 Å². The fourth-order valence-electron chi connectivity index (χ4n) is 1.58. The molecule has 0 bridgehead atoms. The maximum Gasteiger partial charge on any atom is 0.170 e. The number of nitrogens with zero attached hydrogens (tertiary/aromatic N) is 2. The summed E-state index contributed by atoms with van der Waals surface area (Å²) in [6, 6.07) is 9.13. The van der Waals surface area contributed by atoms with E-state index in [1.165, 1.54) is 0 Å². The first kappa shape index (κ1) is 13.4. The molecule has 0 fully saturated rings. The van der Waals surface area contributed by atoms with Crippen LogP contribution in [-0.2, 0) is 6.61 Å². The van der Waals surface area contributed by atoms with Crippen molar-refractivity contribution in [3.8, 4) is 5.75 Å². The van der Waals surface area contributed by atoms with Crippen LogP contribution in [0, 0.1) is 0 Å². The van der Waals surface area contributed by atoms with E-state index in [4.69, 9.17) is 15.7 Å². The minimum atomic E-state index is 0.0616. The van der Waals surface area contributed by atoms with Gasteiger partial charge in [0.2, 0.25) is 0 Å². The van der Waals surface area contributed by atoms with Gasteiger partial charge in [0.25, 0.3) is 0 Å². The summed E-state index contributed by atoms with van der Waals surface area (Å²) < 4.78 is 6.47. The zero-order chi connectivity index (χ0) is 13.7. The SMILES string of the molecule is NC(=NO)c1ccccc1COc1cncc(Br)c1. The fourth-order valence-corrected chi connectivity index (χ4v) is 1.93. The summed E-state index contributed by atoms with van der Waals surface area (Å²) in [6.45, 7) is 0.310. The maximum atomic E-state index is 8.74. The van der Waals surface area contributed by atoms with Gasteiger partial charge in [0.1, 0.15) is 12.4 Å². The summed E-state index contributed by atoms with van der Waals surface area (Å²) in [5, 5.41) is 11.7. The van der Waals surface area contributed by atoms with Crippen molar-refractivity contribution in [3.05, 3.63) is 58.3 Å². The first-order valence-electron chi connectivity index (χ1n) is 5.50. The number of nitrogens with two attached hydrogens (primary N) is 1. The number of pyridine rings is 1. The van der Waals surface area contributed by atoms with E-state index in [1.807, 2.05) is 24.3 Å². The fraction of sp³-hybridized carbons (Fsp3) is 0.0769.